The van der Waals surface area contributed by atoms with Crippen molar-refractivity contribution in [3.8, 4) is 28.4 Å². The first-order chi connectivity index (χ1) is 57.0. The molecule has 4 aromatic rings. The minimum Gasteiger partial charge on any atom is -0.493 e. The van der Waals surface area contributed by atoms with Gasteiger partial charge in [0.25, 0.3) is 5.91 Å². The Balaban J connectivity index is 0.806. The van der Waals surface area contributed by atoms with E-state index in [0.717, 1.165) is 27.2 Å². The van der Waals surface area contributed by atoms with Crippen molar-refractivity contribution in [2.75, 3.05) is 176 Å². The summed E-state index contributed by atoms with van der Waals surface area (Å²) in [6.45, 7) is 16.7. The van der Waals surface area contributed by atoms with E-state index in [-0.39, 0.29) is 118 Å². The predicted molar refractivity (Wildman–Crippen MR) is 412 cm³/mol. The second kappa shape index (κ2) is 50.5. The molecule has 1 aliphatic carbocycles. The van der Waals surface area contributed by atoms with Crippen molar-refractivity contribution in [2.45, 2.75) is 94.0 Å². The van der Waals surface area contributed by atoms with Gasteiger partial charge in [0.1, 0.15) is 45.4 Å². The highest BCUT2D eigenvalue weighted by Crippen LogP contribution is 2.45. The summed E-state index contributed by atoms with van der Waals surface area (Å²) in [4.78, 5) is 123. The molecule has 3 heterocycles. The fraction of sp³-hybridized carbons (Fsp3) is 0.494. The number of carbonyl (C=O) groups excluding carboxylic acids is 8. The van der Waals surface area contributed by atoms with E-state index in [2.05, 4.69) is 61.2 Å². The Bertz CT molecular complexity index is 3870. The largest absolute Gasteiger partial charge is 0.509 e. The molecular weight excluding hydrogens is 1540 g/mol. The van der Waals surface area contributed by atoms with Gasteiger partial charge in [-0.3, -0.25) is 14.4 Å². The van der Waals surface area contributed by atoms with Crippen LogP contribution < -0.4 is 29.7 Å². The van der Waals surface area contributed by atoms with Crippen LogP contribution in [-0.4, -0.2) is 278 Å². The van der Waals surface area contributed by atoms with Gasteiger partial charge in [-0.15, -0.1) is 0 Å². The fourth-order valence-corrected chi connectivity index (χ4v) is 12.4. The molecule has 8 rings (SSSR count). The number of anilines is 2. The number of benzene rings is 4. The highest BCUT2D eigenvalue weighted by Gasteiger charge is 2.57. The number of esters is 1. The third kappa shape index (κ3) is 29.0. The number of carbonyl (C=O) groups is 9. The van der Waals surface area contributed by atoms with Gasteiger partial charge in [0.2, 0.25) is 18.3 Å². The van der Waals surface area contributed by atoms with E-state index in [1.165, 1.54) is 66.6 Å². The first-order valence-electron chi connectivity index (χ1n) is 38.1. The number of carboxylic acid groups (broad SMARTS) is 1. The first-order valence-corrected chi connectivity index (χ1v) is 38.1. The van der Waals surface area contributed by atoms with Crippen LogP contribution in [0.1, 0.15) is 71.5 Å². The van der Waals surface area contributed by atoms with E-state index < -0.39 is 130 Å². The monoisotopic (exact) mass is 1640 g/mol. The van der Waals surface area contributed by atoms with Crippen LogP contribution in [0.3, 0.4) is 0 Å². The highest BCUT2D eigenvalue weighted by molar-refractivity contribution is 6.06. The summed E-state index contributed by atoms with van der Waals surface area (Å²) in [7, 11) is 1.33. The summed E-state index contributed by atoms with van der Waals surface area (Å²) in [6.07, 6.45) is -12.3. The molecule has 0 bridgehead atoms. The molecule has 2 saturated heterocycles. The number of amides is 4. The van der Waals surface area contributed by atoms with Crippen molar-refractivity contribution in [1.29, 1.82) is 0 Å². The number of rotatable bonds is 52. The zero-order valence-corrected chi connectivity index (χ0v) is 65.2. The Hall–Kier alpha value is -10.9. The molecular formula is C81H102N4O32. The Kier molecular flexibility index (Phi) is 39.6. The van der Waals surface area contributed by atoms with E-state index in [9.17, 15) is 53.4 Å². The van der Waals surface area contributed by atoms with Crippen molar-refractivity contribution in [3.05, 3.63) is 152 Å². The Labute approximate surface area is 676 Å². The number of methoxy groups -OCH3 is 1. The average Bonchev–Trinajstić information content (AvgIpc) is 1.70. The summed E-state index contributed by atoms with van der Waals surface area (Å²) in [5, 5.41) is 26.8. The van der Waals surface area contributed by atoms with Crippen LogP contribution in [0.5, 0.6) is 17.2 Å². The summed E-state index contributed by atoms with van der Waals surface area (Å²) in [5.74, 6) is -3.77. The predicted octanol–water partition coefficient (Wildman–Crippen LogP) is 8.37. The number of nitrogens with zero attached hydrogens (tertiary/aromatic N) is 2. The molecule has 0 saturated carbocycles. The number of piperidine rings is 1. The summed E-state index contributed by atoms with van der Waals surface area (Å²) < 4.78 is 118. The van der Waals surface area contributed by atoms with Gasteiger partial charge in [-0.25, -0.2) is 33.7 Å². The number of ether oxygens (including phenoxy) is 21. The van der Waals surface area contributed by atoms with Crippen LogP contribution >= 0.6 is 0 Å². The zero-order valence-electron chi connectivity index (χ0n) is 65.2. The Morgan fingerprint density at radius 2 is 1.09 bits per heavy atom. The van der Waals surface area contributed by atoms with Gasteiger partial charge < -0.3 is 125 Å². The van der Waals surface area contributed by atoms with Crippen molar-refractivity contribution in [3.63, 3.8) is 0 Å². The molecule has 36 heteroatoms. The number of hydrogen-bond acceptors (Lipinski definition) is 31. The SMILES string of the molecule is C=CCOC(=O)O[C@@H]1[C@@H](OC(=O)OCC=C)[C@H](Oc2ccc(COC(=O)N3c4cc(OCCCC(=O)O)c(OC)cc4C(=O)N4CCCC[C@H]4C3O)cc2NC(=O)CCOCCOCCOCCOCCOCCOCCOCCOCCNC(=O)OCC2c3ccccc3-c3ccccc32)O[C@H](C(=O)OCC=C)[C@H]1OC(=O)OCC=C. The molecule has 4 amide bonds. The number of hydrogen-bond donors (Lipinski definition) is 4. The molecule has 0 radical (unpaired) electrons. The second-order valence-electron chi connectivity index (χ2n) is 25.8. The Morgan fingerprint density at radius 3 is 1.64 bits per heavy atom. The lowest BCUT2D eigenvalue weighted by atomic mass is 9.98. The van der Waals surface area contributed by atoms with E-state index >= 15 is 0 Å². The maximum absolute atomic E-state index is 14.7. The molecule has 7 atom stereocenters. The minimum atomic E-state index is -2.11. The van der Waals surface area contributed by atoms with Crippen LogP contribution in [-0.2, 0) is 106 Å². The third-order valence-corrected chi connectivity index (χ3v) is 17.8. The second-order valence-corrected chi connectivity index (χ2v) is 25.8. The van der Waals surface area contributed by atoms with Gasteiger partial charge in [0.15, 0.2) is 36.0 Å². The summed E-state index contributed by atoms with van der Waals surface area (Å²) in [5.41, 5.74) is 4.40. The van der Waals surface area contributed by atoms with Gasteiger partial charge in [0.05, 0.1) is 149 Å². The quantitative estimate of drug-likeness (QED) is 0.0139. The molecule has 3 aliphatic heterocycles. The number of alkyl carbamates (subject to hydrolysis) is 1. The molecule has 4 aliphatic rings. The number of aliphatic hydroxyl groups excluding tert-OH is 1. The maximum Gasteiger partial charge on any atom is 0.509 e. The molecule has 36 nitrogen and oxygen atoms in total. The lowest BCUT2D eigenvalue weighted by molar-refractivity contribution is -0.276. The molecule has 2 fully saturated rings. The van der Waals surface area contributed by atoms with Crippen LogP contribution in [0.2, 0.25) is 0 Å². The van der Waals surface area contributed by atoms with Crippen molar-refractivity contribution in [2.24, 2.45) is 0 Å². The standard InChI is InChI=1S/C81H102N4O32/c1-6-28-107-75(91)71-69(115-79(94)108-29-7-2)70(116-80(95)109-30-8-3)72(117-81(96)110-31-9-4)76(114-71)113-64-24-23-54(52-112-78(93)85-63-51-66(106-32-16-22-68(87)88)65(97-5)50-59(63)73(89)84-27-15-14-21-62(84)74(85)90)49-61(64)83-67(86)25-33-98-35-37-100-39-41-102-43-45-104-47-48-105-46-44-103-42-40-101-38-36-99-34-26-82-77(92)111-53-60-57-19-12-10-17-55(57)56-18-11-13-20-58(56)60/h6-13,17-20,23-24,49-51,60,62,69-72,74,76,90H,1-4,14-16,21-22,25-48,52-53H2,5H3,(H,82,92)(H,83,86)(H,87,88)/t62-,69-,70-,71-,72+,74?,76+/m0/s1. The van der Waals surface area contributed by atoms with Crippen molar-refractivity contribution >= 4 is 65.8 Å². The lowest BCUT2D eigenvalue weighted by Crippen LogP contribution is -2.64. The van der Waals surface area contributed by atoms with E-state index in [1.807, 2.05) is 24.3 Å². The third-order valence-electron chi connectivity index (χ3n) is 17.8. The summed E-state index contributed by atoms with van der Waals surface area (Å²) in [6, 6.07) is 22.0. The number of aliphatic carboxylic acids is 1. The van der Waals surface area contributed by atoms with E-state index in [0.29, 0.717) is 98.5 Å². The molecule has 1 unspecified atom stereocenters. The first kappa shape index (κ1) is 91.6. The number of fused-ring (bicyclic) bond motifs is 5. The fourth-order valence-electron chi connectivity index (χ4n) is 12.4. The van der Waals surface area contributed by atoms with Gasteiger partial charge in [-0.2, -0.15) is 0 Å². The highest BCUT2D eigenvalue weighted by atomic mass is 16.8. The molecule has 0 aromatic heterocycles. The van der Waals surface area contributed by atoms with Crippen LogP contribution in [0, 0.1) is 0 Å². The van der Waals surface area contributed by atoms with Crippen molar-refractivity contribution in [1.82, 2.24) is 10.2 Å². The van der Waals surface area contributed by atoms with Crippen LogP contribution in [0.4, 0.5) is 35.3 Å². The van der Waals surface area contributed by atoms with E-state index in [4.69, 9.17) is 99.5 Å². The summed E-state index contributed by atoms with van der Waals surface area (Å²) >= 11 is 0. The molecule has 4 N–H and O–H groups in total. The lowest BCUT2D eigenvalue weighted by Gasteiger charge is -2.42. The topological polar surface area (TPSA) is 418 Å². The number of aliphatic hydroxyl groups is 1. The van der Waals surface area contributed by atoms with Crippen LogP contribution in [0.25, 0.3) is 11.1 Å². The minimum absolute atomic E-state index is 0.0171. The van der Waals surface area contributed by atoms with Crippen molar-refractivity contribution < 1.29 is 153 Å². The maximum atomic E-state index is 14.7. The normalized spacial score (nSPS) is 17.8. The number of carboxylic acids is 1. The van der Waals surface area contributed by atoms with Crippen LogP contribution in [0.15, 0.2) is 129 Å². The van der Waals surface area contributed by atoms with E-state index in [1.54, 1.807) is 0 Å². The van der Waals surface area contributed by atoms with Gasteiger partial charge in [-0.05, 0) is 71.7 Å². The molecule has 4 aromatic carbocycles. The van der Waals surface area contributed by atoms with Gasteiger partial charge >= 0.3 is 42.6 Å². The van der Waals surface area contributed by atoms with Gasteiger partial charge in [0, 0.05) is 31.5 Å². The number of nitrogens with one attached hydrogen (secondary N) is 2. The molecule has 638 valence electrons. The average molecular weight is 1640 g/mol. The Morgan fingerprint density at radius 1 is 0.556 bits per heavy atom. The zero-order chi connectivity index (χ0) is 83.5. The smallest absolute Gasteiger partial charge is 0.493 e. The van der Waals surface area contributed by atoms with Gasteiger partial charge in [-0.1, -0.05) is 105 Å². The molecule has 0 spiro atoms. The molecule has 117 heavy (non-hydrogen) atoms.